The molecule has 1 saturated heterocycles. The Morgan fingerprint density at radius 2 is 1.70 bits per heavy atom. The molecule has 0 spiro atoms. The van der Waals surface area contributed by atoms with E-state index < -0.39 is 0 Å². The van der Waals surface area contributed by atoms with E-state index in [9.17, 15) is 9.59 Å². The molecule has 0 aromatic heterocycles. The minimum Gasteiger partial charge on any atom is -0.340 e. The van der Waals surface area contributed by atoms with Gasteiger partial charge in [-0.1, -0.05) is 18.5 Å². The number of carbonyl (C=O) groups excluding carboxylic acids is 2. The molecule has 4 nitrogen and oxygen atoms in total. The highest BCUT2D eigenvalue weighted by Gasteiger charge is 2.21. The highest BCUT2D eigenvalue weighted by Crippen LogP contribution is 2.11. The highest BCUT2D eigenvalue weighted by molar-refractivity contribution is 6.30. The van der Waals surface area contributed by atoms with Gasteiger partial charge >= 0.3 is 0 Å². The predicted octanol–water partition coefficient (Wildman–Crippen LogP) is 2.08. The molecule has 108 valence electrons. The molecule has 1 aromatic rings. The van der Waals surface area contributed by atoms with E-state index in [4.69, 9.17) is 11.6 Å². The average Bonchev–Trinajstić information content (AvgIpc) is 2.48. The van der Waals surface area contributed by atoms with Gasteiger partial charge in [-0.3, -0.25) is 14.5 Å². The minimum atomic E-state index is 0.0944. The first kappa shape index (κ1) is 15.0. The van der Waals surface area contributed by atoms with Crippen molar-refractivity contribution >= 4 is 23.3 Å². The van der Waals surface area contributed by atoms with Crippen molar-refractivity contribution in [3.05, 3.63) is 34.9 Å². The Morgan fingerprint density at radius 1 is 1.10 bits per heavy atom. The van der Waals surface area contributed by atoms with Gasteiger partial charge in [0.05, 0.1) is 6.54 Å². The highest BCUT2D eigenvalue weighted by atomic mass is 35.5. The Hall–Kier alpha value is -1.39. The van der Waals surface area contributed by atoms with Crippen LogP contribution in [0.3, 0.4) is 0 Å². The molecule has 1 aromatic carbocycles. The van der Waals surface area contributed by atoms with Crippen LogP contribution in [-0.2, 0) is 4.79 Å². The molecule has 0 N–H and O–H groups in total. The molecule has 1 aliphatic rings. The third-order valence-corrected chi connectivity index (χ3v) is 3.81. The summed E-state index contributed by atoms with van der Waals surface area (Å²) in [6.45, 7) is 5.20. The summed E-state index contributed by atoms with van der Waals surface area (Å²) in [4.78, 5) is 27.7. The first-order valence-electron chi connectivity index (χ1n) is 6.89. The largest absolute Gasteiger partial charge is 0.340 e. The summed E-state index contributed by atoms with van der Waals surface area (Å²) in [7, 11) is 0. The lowest BCUT2D eigenvalue weighted by Crippen LogP contribution is -2.49. The average molecular weight is 295 g/mol. The number of carbonyl (C=O) groups is 2. The first-order valence-corrected chi connectivity index (χ1v) is 7.27. The molecule has 1 fully saturated rings. The third-order valence-electron chi connectivity index (χ3n) is 3.56. The smallest absolute Gasteiger partial charge is 0.222 e. The van der Waals surface area contributed by atoms with Crippen molar-refractivity contribution in [2.24, 2.45) is 0 Å². The Labute approximate surface area is 124 Å². The lowest BCUT2D eigenvalue weighted by molar-refractivity contribution is -0.132. The van der Waals surface area contributed by atoms with Crippen molar-refractivity contribution in [1.29, 1.82) is 0 Å². The first-order chi connectivity index (χ1) is 9.60. The van der Waals surface area contributed by atoms with Crippen molar-refractivity contribution in [2.45, 2.75) is 13.3 Å². The summed E-state index contributed by atoms with van der Waals surface area (Å²) in [5, 5.41) is 0.633. The van der Waals surface area contributed by atoms with Gasteiger partial charge in [0.15, 0.2) is 5.78 Å². The molecule has 2 rings (SSSR count). The zero-order chi connectivity index (χ0) is 14.5. The van der Waals surface area contributed by atoms with Gasteiger partial charge in [0.25, 0.3) is 0 Å². The van der Waals surface area contributed by atoms with E-state index in [1.807, 2.05) is 11.8 Å². The van der Waals surface area contributed by atoms with Crippen LogP contribution in [0.1, 0.15) is 23.7 Å². The van der Waals surface area contributed by atoms with Crippen LogP contribution in [0.2, 0.25) is 5.02 Å². The van der Waals surface area contributed by atoms with Gasteiger partial charge in [0.2, 0.25) is 5.91 Å². The summed E-state index contributed by atoms with van der Waals surface area (Å²) < 4.78 is 0. The maximum Gasteiger partial charge on any atom is 0.222 e. The third kappa shape index (κ3) is 3.81. The van der Waals surface area contributed by atoms with E-state index in [1.54, 1.807) is 24.3 Å². The fourth-order valence-electron chi connectivity index (χ4n) is 2.31. The van der Waals surface area contributed by atoms with E-state index in [0.29, 0.717) is 36.6 Å². The fourth-order valence-corrected chi connectivity index (χ4v) is 2.44. The molecule has 5 heteroatoms. The van der Waals surface area contributed by atoms with Crippen LogP contribution in [0.25, 0.3) is 0 Å². The van der Waals surface area contributed by atoms with Gasteiger partial charge in [0.1, 0.15) is 0 Å². The summed E-state index contributed by atoms with van der Waals surface area (Å²) in [5.41, 5.74) is 0.682. The number of rotatable bonds is 4. The van der Waals surface area contributed by atoms with Crippen LogP contribution in [0.4, 0.5) is 0 Å². The van der Waals surface area contributed by atoms with Gasteiger partial charge in [-0.25, -0.2) is 0 Å². The van der Waals surface area contributed by atoms with Gasteiger partial charge in [-0.2, -0.15) is 0 Å². The molecular formula is C15H19ClN2O2. The molecule has 1 heterocycles. The Bertz CT molecular complexity index is 479. The van der Waals surface area contributed by atoms with E-state index in [-0.39, 0.29) is 11.7 Å². The second-order valence-electron chi connectivity index (χ2n) is 4.94. The zero-order valence-corrected chi connectivity index (χ0v) is 12.4. The molecule has 0 radical (unpaired) electrons. The quantitative estimate of drug-likeness (QED) is 0.798. The second-order valence-corrected chi connectivity index (χ2v) is 5.38. The van der Waals surface area contributed by atoms with Crippen molar-refractivity contribution in [2.75, 3.05) is 32.7 Å². The van der Waals surface area contributed by atoms with Crippen LogP contribution >= 0.6 is 11.6 Å². The van der Waals surface area contributed by atoms with Crippen molar-refractivity contribution in [3.8, 4) is 0 Å². The van der Waals surface area contributed by atoms with Crippen LogP contribution < -0.4 is 0 Å². The number of amides is 1. The number of hydrogen-bond acceptors (Lipinski definition) is 3. The van der Waals surface area contributed by atoms with Crippen molar-refractivity contribution in [1.82, 2.24) is 9.80 Å². The number of halogens is 1. The van der Waals surface area contributed by atoms with E-state index >= 15 is 0 Å². The van der Waals surface area contributed by atoms with E-state index in [1.165, 1.54) is 0 Å². The molecular weight excluding hydrogens is 276 g/mol. The fraction of sp³-hybridized carbons (Fsp3) is 0.467. The molecule has 0 atom stereocenters. The lowest BCUT2D eigenvalue weighted by atomic mass is 10.1. The van der Waals surface area contributed by atoms with Crippen molar-refractivity contribution < 1.29 is 9.59 Å². The molecule has 20 heavy (non-hydrogen) atoms. The normalized spacial score (nSPS) is 16.2. The number of Topliss-reactive ketones (excluding diaryl/α,β-unsaturated/α-hetero) is 1. The van der Waals surface area contributed by atoms with Crippen molar-refractivity contribution in [3.63, 3.8) is 0 Å². The second kappa shape index (κ2) is 6.86. The number of benzene rings is 1. The summed E-state index contributed by atoms with van der Waals surface area (Å²) in [6.07, 6.45) is 0.545. The SMILES string of the molecule is CCC(=O)N1CCN(CC(=O)c2ccc(Cl)cc2)CC1. The molecule has 0 unspecified atom stereocenters. The molecule has 0 saturated carbocycles. The Morgan fingerprint density at radius 3 is 2.25 bits per heavy atom. The topological polar surface area (TPSA) is 40.6 Å². The zero-order valence-electron chi connectivity index (χ0n) is 11.6. The van der Waals surface area contributed by atoms with Crippen LogP contribution in [0, 0.1) is 0 Å². The monoisotopic (exact) mass is 294 g/mol. The van der Waals surface area contributed by atoms with Crippen LogP contribution in [-0.4, -0.2) is 54.2 Å². The number of ketones is 1. The summed E-state index contributed by atoms with van der Waals surface area (Å²) in [6, 6.07) is 6.96. The van der Waals surface area contributed by atoms with Gasteiger partial charge in [0, 0.05) is 43.2 Å². The Kier molecular flexibility index (Phi) is 5.15. The van der Waals surface area contributed by atoms with Gasteiger partial charge < -0.3 is 4.90 Å². The Balaban J connectivity index is 1.85. The van der Waals surface area contributed by atoms with Crippen LogP contribution in [0.15, 0.2) is 24.3 Å². The molecule has 1 aliphatic heterocycles. The molecule has 0 bridgehead atoms. The lowest BCUT2D eigenvalue weighted by Gasteiger charge is -2.34. The van der Waals surface area contributed by atoms with E-state index in [0.717, 1.165) is 13.1 Å². The van der Waals surface area contributed by atoms with Gasteiger partial charge in [-0.15, -0.1) is 0 Å². The number of hydrogen-bond donors (Lipinski definition) is 0. The maximum absolute atomic E-state index is 12.1. The van der Waals surface area contributed by atoms with Gasteiger partial charge in [-0.05, 0) is 24.3 Å². The molecule has 0 aliphatic carbocycles. The minimum absolute atomic E-state index is 0.0944. The summed E-state index contributed by atoms with van der Waals surface area (Å²) >= 11 is 5.81. The maximum atomic E-state index is 12.1. The number of piperazine rings is 1. The predicted molar refractivity (Wildman–Crippen MR) is 79.1 cm³/mol. The summed E-state index contributed by atoms with van der Waals surface area (Å²) in [5.74, 6) is 0.283. The standard InChI is InChI=1S/C15H19ClN2O2/c1-2-15(20)18-9-7-17(8-10-18)11-14(19)12-3-5-13(16)6-4-12/h3-6H,2,7-11H2,1H3. The van der Waals surface area contributed by atoms with E-state index in [2.05, 4.69) is 4.90 Å². The molecule has 1 amide bonds. The van der Waals surface area contributed by atoms with Crippen LogP contribution in [0.5, 0.6) is 0 Å². The number of nitrogens with zero attached hydrogens (tertiary/aromatic N) is 2.